The SMILES string of the molecule is Cc1cc(Cl)ccc1OCC(=O)NCC1(N(C)C)CCCCCC1. The molecule has 1 aromatic carbocycles. The van der Waals surface area contributed by atoms with Gasteiger partial charge < -0.3 is 15.0 Å². The number of halogens is 1. The molecule has 0 radical (unpaired) electrons. The Labute approximate surface area is 150 Å². The van der Waals surface area contributed by atoms with Gasteiger partial charge in [0.1, 0.15) is 5.75 Å². The molecule has 0 saturated heterocycles. The third kappa shape index (κ3) is 5.12. The highest BCUT2D eigenvalue weighted by atomic mass is 35.5. The molecule has 0 heterocycles. The van der Waals surface area contributed by atoms with E-state index in [1.165, 1.54) is 25.7 Å². The number of nitrogens with one attached hydrogen (secondary N) is 1. The van der Waals surface area contributed by atoms with E-state index in [0.717, 1.165) is 18.4 Å². The average molecular weight is 353 g/mol. The molecule has 1 amide bonds. The van der Waals surface area contributed by atoms with Gasteiger partial charge in [0.15, 0.2) is 6.61 Å². The zero-order valence-corrected chi connectivity index (χ0v) is 15.8. The molecule has 134 valence electrons. The van der Waals surface area contributed by atoms with Crippen molar-refractivity contribution in [3.8, 4) is 5.75 Å². The predicted molar refractivity (Wildman–Crippen MR) is 98.8 cm³/mol. The average Bonchev–Trinajstić information content (AvgIpc) is 2.78. The maximum Gasteiger partial charge on any atom is 0.258 e. The van der Waals surface area contributed by atoms with Crippen molar-refractivity contribution in [1.82, 2.24) is 10.2 Å². The Morgan fingerprint density at radius 2 is 1.92 bits per heavy atom. The van der Waals surface area contributed by atoms with Crippen LogP contribution in [0, 0.1) is 6.92 Å². The van der Waals surface area contributed by atoms with Crippen LogP contribution >= 0.6 is 11.6 Å². The second-order valence-corrected chi connectivity index (χ2v) is 7.44. The van der Waals surface area contributed by atoms with Crippen LogP contribution in [0.4, 0.5) is 0 Å². The van der Waals surface area contributed by atoms with Crippen LogP contribution in [-0.2, 0) is 4.79 Å². The first-order valence-electron chi connectivity index (χ1n) is 8.76. The molecule has 24 heavy (non-hydrogen) atoms. The quantitative estimate of drug-likeness (QED) is 0.792. The van der Waals surface area contributed by atoms with E-state index in [4.69, 9.17) is 16.3 Å². The molecule has 0 spiro atoms. The molecule has 0 aromatic heterocycles. The number of nitrogens with zero attached hydrogens (tertiary/aromatic N) is 1. The number of likely N-dealkylation sites (N-methyl/N-ethyl adjacent to an activating group) is 1. The maximum atomic E-state index is 12.2. The van der Waals surface area contributed by atoms with Crippen molar-refractivity contribution in [2.45, 2.75) is 51.0 Å². The van der Waals surface area contributed by atoms with Crippen LogP contribution in [0.15, 0.2) is 18.2 Å². The molecule has 1 fully saturated rings. The minimum absolute atomic E-state index is 0.0337. The van der Waals surface area contributed by atoms with E-state index in [-0.39, 0.29) is 18.1 Å². The van der Waals surface area contributed by atoms with Crippen molar-refractivity contribution < 1.29 is 9.53 Å². The molecule has 1 aliphatic carbocycles. The summed E-state index contributed by atoms with van der Waals surface area (Å²) >= 11 is 5.93. The van der Waals surface area contributed by atoms with E-state index >= 15 is 0 Å². The highest BCUT2D eigenvalue weighted by molar-refractivity contribution is 6.30. The fraction of sp³-hybridized carbons (Fsp3) is 0.632. The molecule has 1 N–H and O–H groups in total. The van der Waals surface area contributed by atoms with Gasteiger partial charge in [0.25, 0.3) is 5.91 Å². The number of benzene rings is 1. The van der Waals surface area contributed by atoms with Gasteiger partial charge in [-0.25, -0.2) is 0 Å². The van der Waals surface area contributed by atoms with Gasteiger partial charge >= 0.3 is 0 Å². The second-order valence-electron chi connectivity index (χ2n) is 7.01. The van der Waals surface area contributed by atoms with Gasteiger partial charge in [0, 0.05) is 17.1 Å². The molecular weight excluding hydrogens is 324 g/mol. The Bertz CT molecular complexity index is 552. The number of aryl methyl sites for hydroxylation is 1. The van der Waals surface area contributed by atoms with Gasteiger partial charge in [-0.15, -0.1) is 0 Å². The van der Waals surface area contributed by atoms with Crippen LogP contribution in [0.2, 0.25) is 5.02 Å². The number of carbonyl (C=O) groups excluding carboxylic acids is 1. The van der Waals surface area contributed by atoms with Gasteiger partial charge in [-0.2, -0.15) is 0 Å². The molecular formula is C19H29ClN2O2. The standard InChI is InChI=1S/C19H29ClN2O2/c1-15-12-16(20)8-9-17(15)24-13-18(23)21-14-19(22(2)3)10-6-4-5-7-11-19/h8-9,12H,4-7,10-11,13-14H2,1-3H3,(H,21,23). The number of rotatable bonds is 6. The first-order chi connectivity index (χ1) is 11.4. The first kappa shape index (κ1) is 19.1. The van der Waals surface area contributed by atoms with Gasteiger partial charge in [0.05, 0.1) is 0 Å². The summed E-state index contributed by atoms with van der Waals surface area (Å²) < 4.78 is 5.63. The third-order valence-corrected chi connectivity index (χ3v) is 5.33. The van der Waals surface area contributed by atoms with Crippen molar-refractivity contribution in [3.05, 3.63) is 28.8 Å². The highest BCUT2D eigenvalue weighted by Crippen LogP contribution is 2.30. The zero-order chi connectivity index (χ0) is 17.6. The normalized spacial score (nSPS) is 17.4. The van der Waals surface area contributed by atoms with Crippen LogP contribution in [0.5, 0.6) is 5.75 Å². The fourth-order valence-electron chi connectivity index (χ4n) is 3.40. The Morgan fingerprint density at radius 3 is 2.50 bits per heavy atom. The summed E-state index contributed by atoms with van der Waals surface area (Å²) in [7, 11) is 4.23. The number of ether oxygens (including phenoxy) is 1. The lowest BCUT2D eigenvalue weighted by Gasteiger charge is -2.39. The molecule has 1 aromatic rings. The third-order valence-electron chi connectivity index (χ3n) is 5.09. The molecule has 5 heteroatoms. The zero-order valence-electron chi connectivity index (χ0n) is 15.0. The molecule has 4 nitrogen and oxygen atoms in total. The molecule has 0 atom stereocenters. The number of carbonyl (C=O) groups is 1. The molecule has 1 aliphatic rings. The number of amides is 1. The molecule has 0 unspecified atom stereocenters. The van der Waals surface area contributed by atoms with Gasteiger partial charge in [-0.05, 0) is 57.6 Å². The Hall–Kier alpha value is -1.26. The smallest absolute Gasteiger partial charge is 0.258 e. The molecule has 0 bridgehead atoms. The van der Waals surface area contributed by atoms with Gasteiger partial charge in [0.2, 0.25) is 0 Å². The summed E-state index contributed by atoms with van der Waals surface area (Å²) in [5.41, 5.74) is 1.01. The lowest BCUT2D eigenvalue weighted by Crippen LogP contribution is -2.53. The molecule has 1 saturated carbocycles. The Balaban J connectivity index is 1.86. The van der Waals surface area contributed by atoms with Crippen molar-refractivity contribution in [1.29, 1.82) is 0 Å². The van der Waals surface area contributed by atoms with Crippen LogP contribution in [0.3, 0.4) is 0 Å². The summed E-state index contributed by atoms with van der Waals surface area (Å²) in [6.45, 7) is 2.64. The van der Waals surface area contributed by atoms with Crippen LogP contribution < -0.4 is 10.1 Å². The van der Waals surface area contributed by atoms with E-state index in [0.29, 0.717) is 17.3 Å². The van der Waals surface area contributed by atoms with Crippen molar-refractivity contribution >= 4 is 17.5 Å². The lowest BCUT2D eigenvalue weighted by molar-refractivity contribution is -0.123. The monoisotopic (exact) mass is 352 g/mol. The minimum atomic E-state index is -0.0742. The van der Waals surface area contributed by atoms with E-state index in [9.17, 15) is 4.79 Å². The second kappa shape index (κ2) is 8.72. The summed E-state index contributed by atoms with van der Waals surface area (Å²) in [5, 5.41) is 3.74. The highest BCUT2D eigenvalue weighted by Gasteiger charge is 2.33. The lowest BCUT2D eigenvalue weighted by atomic mass is 9.88. The topological polar surface area (TPSA) is 41.6 Å². The van der Waals surface area contributed by atoms with Crippen molar-refractivity contribution in [2.75, 3.05) is 27.2 Å². The summed E-state index contributed by atoms with van der Waals surface area (Å²) in [6.07, 6.45) is 7.32. The predicted octanol–water partition coefficient (Wildman–Crippen LogP) is 3.80. The molecule has 0 aliphatic heterocycles. The van der Waals surface area contributed by atoms with E-state index in [1.54, 1.807) is 12.1 Å². The van der Waals surface area contributed by atoms with E-state index in [2.05, 4.69) is 24.3 Å². The van der Waals surface area contributed by atoms with Gasteiger partial charge in [-0.1, -0.05) is 37.3 Å². The summed E-state index contributed by atoms with van der Waals surface area (Å²) in [5.74, 6) is 0.626. The summed E-state index contributed by atoms with van der Waals surface area (Å²) in [6, 6.07) is 5.41. The number of hydrogen-bond donors (Lipinski definition) is 1. The fourth-order valence-corrected chi connectivity index (χ4v) is 3.63. The largest absolute Gasteiger partial charge is 0.484 e. The molecule has 2 rings (SSSR count). The van der Waals surface area contributed by atoms with Crippen LogP contribution in [-0.4, -0.2) is 43.6 Å². The summed E-state index contributed by atoms with van der Waals surface area (Å²) in [4.78, 5) is 14.5. The van der Waals surface area contributed by atoms with Crippen molar-refractivity contribution in [2.24, 2.45) is 0 Å². The van der Waals surface area contributed by atoms with Gasteiger partial charge in [-0.3, -0.25) is 4.79 Å². The maximum absolute atomic E-state index is 12.2. The van der Waals surface area contributed by atoms with Crippen molar-refractivity contribution in [3.63, 3.8) is 0 Å². The van der Waals surface area contributed by atoms with E-state index in [1.807, 2.05) is 13.0 Å². The first-order valence-corrected chi connectivity index (χ1v) is 9.14. The van der Waals surface area contributed by atoms with Crippen LogP contribution in [0.25, 0.3) is 0 Å². The van der Waals surface area contributed by atoms with Crippen LogP contribution in [0.1, 0.15) is 44.1 Å². The Morgan fingerprint density at radius 1 is 1.25 bits per heavy atom. The Kier molecular flexibility index (Phi) is 6.93. The number of hydrogen-bond acceptors (Lipinski definition) is 3. The van der Waals surface area contributed by atoms with E-state index < -0.39 is 0 Å². The minimum Gasteiger partial charge on any atom is -0.484 e.